The van der Waals surface area contributed by atoms with E-state index in [0.29, 0.717) is 25.7 Å². The van der Waals surface area contributed by atoms with E-state index in [1.165, 1.54) is 5.56 Å². The lowest BCUT2D eigenvalue weighted by molar-refractivity contribution is 0.126. The van der Waals surface area contributed by atoms with Gasteiger partial charge in [-0.2, -0.15) is 0 Å². The molecule has 0 bridgehead atoms. The molecule has 0 heterocycles. The van der Waals surface area contributed by atoms with Gasteiger partial charge in [0.25, 0.3) is 0 Å². The minimum atomic E-state index is 0.513. The maximum absolute atomic E-state index is 5.44. The zero-order chi connectivity index (χ0) is 12.0. The Morgan fingerprint density at radius 2 is 2.06 bits per heavy atom. The fourth-order valence-electron chi connectivity index (χ4n) is 1.54. The Bertz CT molecular complexity index is 324. The predicted octanol–water partition coefficient (Wildman–Crippen LogP) is 2.29. The second-order valence-corrected chi connectivity index (χ2v) is 4.07. The molecule has 2 N–H and O–H groups in total. The molecule has 0 aromatic heterocycles. The van der Waals surface area contributed by atoms with Crippen LogP contribution in [0.4, 0.5) is 0 Å². The van der Waals surface area contributed by atoms with Gasteiger partial charge in [0.15, 0.2) is 0 Å². The molecular weight excluding hydrogens is 202 g/mol. The van der Waals surface area contributed by atoms with Crippen molar-refractivity contribution in [3.05, 3.63) is 29.3 Å². The maximum atomic E-state index is 5.44. The lowest BCUT2D eigenvalue weighted by Crippen LogP contribution is -2.08. The first-order chi connectivity index (χ1) is 7.69. The van der Waals surface area contributed by atoms with E-state index in [1.807, 2.05) is 6.07 Å². The standard InChI is InChI=1S/C13H21NO2/c1-10(2)11-4-5-13(15-3)12(8-11)9-16-7-6-14/h4-5,8,10H,6-7,9,14H2,1-3H3. The van der Waals surface area contributed by atoms with Crippen molar-refractivity contribution in [1.29, 1.82) is 0 Å². The monoisotopic (exact) mass is 223 g/mol. The Kier molecular flexibility index (Phi) is 5.29. The molecule has 3 heteroatoms. The van der Waals surface area contributed by atoms with Crippen molar-refractivity contribution in [2.24, 2.45) is 5.73 Å². The van der Waals surface area contributed by atoms with Crippen molar-refractivity contribution < 1.29 is 9.47 Å². The molecule has 90 valence electrons. The van der Waals surface area contributed by atoms with E-state index >= 15 is 0 Å². The zero-order valence-corrected chi connectivity index (χ0v) is 10.3. The van der Waals surface area contributed by atoms with Crippen molar-refractivity contribution >= 4 is 0 Å². The van der Waals surface area contributed by atoms with Crippen LogP contribution in [0.25, 0.3) is 0 Å². The summed E-state index contributed by atoms with van der Waals surface area (Å²) >= 11 is 0. The van der Waals surface area contributed by atoms with Gasteiger partial charge in [0, 0.05) is 12.1 Å². The van der Waals surface area contributed by atoms with Crippen molar-refractivity contribution in [2.75, 3.05) is 20.3 Å². The third-order valence-electron chi connectivity index (χ3n) is 2.49. The molecule has 0 aliphatic carbocycles. The van der Waals surface area contributed by atoms with Crippen LogP contribution in [0.2, 0.25) is 0 Å². The number of methoxy groups -OCH3 is 1. The normalized spacial score (nSPS) is 10.8. The first-order valence-corrected chi connectivity index (χ1v) is 5.63. The van der Waals surface area contributed by atoms with Crippen LogP contribution < -0.4 is 10.5 Å². The molecule has 3 nitrogen and oxygen atoms in total. The second-order valence-electron chi connectivity index (χ2n) is 4.07. The molecule has 1 rings (SSSR count). The highest BCUT2D eigenvalue weighted by atomic mass is 16.5. The van der Waals surface area contributed by atoms with Crippen molar-refractivity contribution in [3.63, 3.8) is 0 Å². The van der Waals surface area contributed by atoms with Gasteiger partial charge < -0.3 is 15.2 Å². The number of hydrogen-bond acceptors (Lipinski definition) is 3. The van der Waals surface area contributed by atoms with E-state index in [0.717, 1.165) is 11.3 Å². The van der Waals surface area contributed by atoms with Gasteiger partial charge in [0.05, 0.1) is 20.3 Å². The van der Waals surface area contributed by atoms with Gasteiger partial charge in [-0.05, 0) is 23.6 Å². The third-order valence-corrected chi connectivity index (χ3v) is 2.49. The molecule has 1 aromatic carbocycles. The molecule has 16 heavy (non-hydrogen) atoms. The number of rotatable bonds is 6. The fourth-order valence-corrected chi connectivity index (χ4v) is 1.54. The highest BCUT2D eigenvalue weighted by molar-refractivity contribution is 5.37. The SMILES string of the molecule is COc1ccc(C(C)C)cc1COCCN. The minimum Gasteiger partial charge on any atom is -0.496 e. The lowest BCUT2D eigenvalue weighted by atomic mass is 10.0. The first-order valence-electron chi connectivity index (χ1n) is 5.63. The molecule has 0 saturated heterocycles. The van der Waals surface area contributed by atoms with Gasteiger partial charge >= 0.3 is 0 Å². The van der Waals surface area contributed by atoms with Crippen LogP contribution in [0.1, 0.15) is 30.9 Å². The largest absolute Gasteiger partial charge is 0.496 e. The van der Waals surface area contributed by atoms with Gasteiger partial charge in [0.1, 0.15) is 5.75 Å². The lowest BCUT2D eigenvalue weighted by Gasteiger charge is -2.12. The van der Waals surface area contributed by atoms with Crippen LogP contribution in [0.5, 0.6) is 5.75 Å². The van der Waals surface area contributed by atoms with Gasteiger partial charge in [-0.25, -0.2) is 0 Å². The van der Waals surface area contributed by atoms with E-state index in [9.17, 15) is 0 Å². The quantitative estimate of drug-likeness (QED) is 0.753. The van der Waals surface area contributed by atoms with Crippen LogP contribution in [0.15, 0.2) is 18.2 Å². The molecular formula is C13H21NO2. The molecule has 0 aliphatic rings. The van der Waals surface area contributed by atoms with Crippen LogP contribution in [0, 0.1) is 0 Å². The first kappa shape index (κ1) is 13.0. The summed E-state index contributed by atoms with van der Waals surface area (Å²) in [5, 5.41) is 0. The number of ether oxygens (including phenoxy) is 2. The molecule has 0 spiro atoms. The highest BCUT2D eigenvalue weighted by Gasteiger charge is 2.06. The van der Waals surface area contributed by atoms with Crippen LogP contribution in [-0.2, 0) is 11.3 Å². The maximum Gasteiger partial charge on any atom is 0.124 e. The Morgan fingerprint density at radius 1 is 1.31 bits per heavy atom. The summed E-state index contributed by atoms with van der Waals surface area (Å²) in [7, 11) is 1.68. The third kappa shape index (κ3) is 3.51. The Hall–Kier alpha value is -1.06. The van der Waals surface area contributed by atoms with E-state index < -0.39 is 0 Å². The smallest absolute Gasteiger partial charge is 0.124 e. The molecule has 0 saturated carbocycles. The van der Waals surface area contributed by atoms with Crippen molar-refractivity contribution in [1.82, 2.24) is 0 Å². The van der Waals surface area contributed by atoms with Crippen molar-refractivity contribution in [2.45, 2.75) is 26.4 Å². The van der Waals surface area contributed by atoms with Gasteiger partial charge in [-0.15, -0.1) is 0 Å². The molecule has 0 unspecified atom stereocenters. The average Bonchev–Trinajstić information content (AvgIpc) is 2.29. The number of hydrogen-bond donors (Lipinski definition) is 1. The number of benzene rings is 1. The van der Waals surface area contributed by atoms with Gasteiger partial charge in [-0.1, -0.05) is 19.9 Å². The molecule has 0 amide bonds. The van der Waals surface area contributed by atoms with Crippen molar-refractivity contribution in [3.8, 4) is 5.75 Å². The van der Waals surface area contributed by atoms with E-state index in [2.05, 4.69) is 26.0 Å². The fraction of sp³-hybridized carbons (Fsp3) is 0.538. The summed E-state index contributed by atoms with van der Waals surface area (Å²) in [6.07, 6.45) is 0. The summed E-state index contributed by atoms with van der Waals surface area (Å²) in [6, 6.07) is 6.23. The molecule has 0 atom stereocenters. The van der Waals surface area contributed by atoms with Gasteiger partial charge in [0.2, 0.25) is 0 Å². The van der Waals surface area contributed by atoms with Gasteiger partial charge in [-0.3, -0.25) is 0 Å². The average molecular weight is 223 g/mol. The summed E-state index contributed by atoms with van der Waals surface area (Å²) < 4.78 is 10.7. The molecule has 0 fully saturated rings. The van der Waals surface area contributed by atoms with E-state index in [1.54, 1.807) is 7.11 Å². The molecule has 0 aliphatic heterocycles. The predicted molar refractivity (Wildman–Crippen MR) is 65.8 cm³/mol. The zero-order valence-electron chi connectivity index (χ0n) is 10.3. The van der Waals surface area contributed by atoms with E-state index in [4.69, 9.17) is 15.2 Å². The van der Waals surface area contributed by atoms with Crippen LogP contribution >= 0.6 is 0 Å². The van der Waals surface area contributed by atoms with E-state index in [-0.39, 0.29) is 0 Å². The highest BCUT2D eigenvalue weighted by Crippen LogP contribution is 2.24. The topological polar surface area (TPSA) is 44.5 Å². The Morgan fingerprint density at radius 3 is 2.62 bits per heavy atom. The number of nitrogens with two attached hydrogens (primary N) is 1. The molecule has 0 radical (unpaired) electrons. The van der Waals surface area contributed by atoms with Crippen LogP contribution in [0.3, 0.4) is 0 Å². The summed E-state index contributed by atoms with van der Waals surface area (Å²) in [5.41, 5.74) is 7.77. The minimum absolute atomic E-state index is 0.513. The summed E-state index contributed by atoms with van der Waals surface area (Å²) in [5.74, 6) is 1.39. The van der Waals surface area contributed by atoms with Crippen LogP contribution in [-0.4, -0.2) is 20.3 Å². The molecule has 1 aromatic rings. The second kappa shape index (κ2) is 6.51. The summed E-state index contributed by atoms with van der Waals surface area (Å²) in [6.45, 7) is 6.03. The summed E-state index contributed by atoms with van der Waals surface area (Å²) in [4.78, 5) is 0. The Balaban J connectivity index is 2.80. The Labute approximate surface area is 97.6 Å².